The molecule has 0 aliphatic carbocycles. The van der Waals surface area contributed by atoms with E-state index in [1.807, 2.05) is 51.1 Å². The van der Waals surface area contributed by atoms with Crippen LogP contribution in [-0.2, 0) is 0 Å². The fourth-order valence-electron chi connectivity index (χ4n) is 2.15. The summed E-state index contributed by atoms with van der Waals surface area (Å²) >= 11 is 0. The van der Waals surface area contributed by atoms with Gasteiger partial charge in [-0.1, -0.05) is 18.2 Å². The van der Waals surface area contributed by atoms with Crippen molar-refractivity contribution in [3.05, 3.63) is 58.7 Å². The van der Waals surface area contributed by atoms with Crippen LogP contribution in [0.3, 0.4) is 0 Å². The number of ether oxygens (including phenoxy) is 1. The first-order valence-corrected chi connectivity index (χ1v) is 7.02. The van der Waals surface area contributed by atoms with E-state index in [0.717, 1.165) is 11.1 Å². The Morgan fingerprint density at radius 2 is 1.76 bits per heavy atom. The molecule has 0 fully saturated rings. The summed E-state index contributed by atoms with van der Waals surface area (Å²) in [5.74, 6) is 0.503. The van der Waals surface area contributed by atoms with Crippen LogP contribution in [0.15, 0.2) is 36.4 Å². The van der Waals surface area contributed by atoms with Gasteiger partial charge in [-0.3, -0.25) is 4.79 Å². The number of hydrogen-bond acceptors (Lipinski definition) is 3. The summed E-state index contributed by atoms with van der Waals surface area (Å²) in [7, 11) is 0. The number of anilines is 1. The molecule has 21 heavy (non-hydrogen) atoms. The summed E-state index contributed by atoms with van der Waals surface area (Å²) in [5, 5.41) is 0. The number of hydrogen-bond donors (Lipinski definition) is 1. The van der Waals surface area contributed by atoms with Gasteiger partial charge in [0.15, 0.2) is 6.10 Å². The van der Waals surface area contributed by atoms with Crippen LogP contribution >= 0.6 is 0 Å². The molecule has 2 aromatic carbocycles. The van der Waals surface area contributed by atoms with Gasteiger partial charge >= 0.3 is 0 Å². The molecule has 0 saturated carbocycles. The zero-order valence-corrected chi connectivity index (χ0v) is 12.9. The fourth-order valence-corrected chi connectivity index (χ4v) is 2.15. The van der Waals surface area contributed by atoms with Crippen molar-refractivity contribution in [1.82, 2.24) is 0 Å². The molecule has 2 rings (SSSR count). The highest BCUT2D eigenvalue weighted by molar-refractivity contribution is 5.99. The van der Waals surface area contributed by atoms with Gasteiger partial charge in [-0.05, 0) is 62.6 Å². The standard InChI is InChI=1S/C18H21NO2/c1-11-5-8-17(16(19)9-11)21-14(4)18(20)15-7-6-12(2)13(3)10-15/h5-10,14H,19H2,1-4H3. The van der Waals surface area contributed by atoms with Gasteiger partial charge in [-0.25, -0.2) is 0 Å². The van der Waals surface area contributed by atoms with Gasteiger partial charge < -0.3 is 10.5 Å². The van der Waals surface area contributed by atoms with E-state index in [0.29, 0.717) is 17.0 Å². The van der Waals surface area contributed by atoms with Crippen LogP contribution in [0.1, 0.15) is 34.0 Å². The molecule has 3 heteroatoms. The van der Waals surface area contributed by atoms with Gasteiger partial charge in [-0.2, -0.15) is 0 Å². The van der Waals surface area contributed by atoms with Crippen molar-refractivity contribution in [3.63, 3.8) is 0 Å². The molecule has 3 nitrogen and oxygen atoms in total. The molecule has 2 aromatic rings. The average Bonchev–Trinajstić information content (AvgIpc) is 2.44. The minimum absolute atomic E-state index is 0.0434. The van der Waals surface area contributed by atoms with E-state index in [-0.39, 0.29) is 5.78 Å². The Morgan fingerprint density at radius 3 is 2.38 bits per heavy atom. The molecule has 0 bridgehead atoms. The minimum atomic E-state index is -0.572. The molecule has 0 amide bonds. The third-order valence-electron chi connectivity index (χ3n) is 3.63. The lowest BCUT2D eigenvalue weighted by atomic mass is 10.0. The number of ketones is 1. The van der Waals surface area contributed by atoms with Gasteiger partial charge in [0, 0.05) is 5.56 Å². The lowest BCUT2D eigenvalue weighted by Gasteiger charge is -2.16. The summed E-state index contributed by atoms with van der Waals surface area (Å²) in [4.78, 5) is 12.4. The number of rotatable bonds is 4. The Bertz CT molecular complexity index is 677. The summed E-state index contributed by atoms with van der Waals surface area (Å²) in [6.45, 7) is 7.73. The SMILES string of the molecule is Cc1ccc(OC(C)C(=O)c2ccc(C)c(C)c2)c(N)c1. The second kappa shape index (κ2) is 6.00. The number of nitrogens with two attached hydrogens (primary N) is 1. The molecule has 0 saturated heterocycles. The molecule has 0 aliphatic heterocycles. The monoisotopic (exact) mass is 283 g/mol. The molecule has 0 spiro atoms. The van der Waals surface area contributed by atoms with Gasteiger partial charge in [-0.15, -0.1) is 0 Å². The predicted molar refractivity (Wildman–Crippen MR) is 85.9 cm³/mol. The maximum absolute atomic E-state index is 12.4. The molecule has 1 unspecified atom stereocenters. The van der Waals surface area contributed by atoms with E-state index in [2.05, 4.69) is 0 Å². The largest absolute Gasteiger partial charge is 0.480 e. The highest BCUT2D eigenvalue weighted by Crippen LogP contribution is 2.24. The summed E-state index contributed by atoms with van der Waals surface area (Å²) in [6.07, 6.45) is -0.572. The van der Waals surface area contributed by atoms with Crippen LogP contribution in [0.5, 0.6) is 5.75 Å². The third kappa shape index (κ3) is 3.43. The van der Waals surface area contributed by atoms with Crippen LogP contribution < -0.4 is 10.5 Å². The van der Waals surface area contributed by atoms with Gasteiger partial charge in [0.2, 0.25) is 5.78 Å². The van der Waals surface area contributed by atoms with Crippen molar-refractivity contribution in [1.29, 1.82) is 0 Å². The lowest BCUT2D eigenvalue weighted by molar-refractivity contribution is 0.0819. The lowest BCUT2D eigenvalue weighted by Crippen LogP contribution is -2.24. The highest BCUT2D eigenvalue weighted by atomic mass is 16.5. The number of aryl methyl sites for hydroxylation is 3. The number of benzene rings is 2. The second-order valence-electron chi connectivity index (χ2n) is 5.46. The van der Waals surface area contributed by atoms with Crippen LogP contribution in [0.25, 0.3) is 0 Å². The Kier molecular flexibility index (Phi) is 4.32. The molecule has 1 atom stereocenters. The number of Topliss-reactive ketones (excluding diaryl/α,β-unsaturated/α-hetero) is 1. The van der Waals surface area contributed by atoms with Crippen molar-refractivity contribution in [2.75, 3.05) is 5.73 Å². The number of carbonyl (C=O) groups is 1. The fraction of sp³-hybridized carbons (Fsp3) is 0.278. The molecule has 0 aliphatic rings. The van der Waals surface area contributed by atoms with Crippen molar-refractivity contribution in [2.45, 2.75) is 33.8 Å². The summed E-state index contributed by atoms with van der Waals surface area (Å²) < 4.78 is 5.71. The topological polar surface area (TPSA) is 52.3 Å². The quantitative estimate of drug-likeness (QED) is 0.685. The third-order valence-corrected chi connectivity index (χ3v) is 3.63. The smallest absolute Gasteiger partial charge is 0.203 e. The maximum atomic E-state index is 12.4. The number of nitrogen functional groups attached to an aromatic ring is 1. The molecule has 0 heterocycles. The van der Waals surface area contributed by atoms with Crippen molar-refractivity contribution in [3.8, 4) is 5.75 Å². The molecule has 2 N–H and O–H groups in total. The molecule has 0 radical (unpaired) electrons. The average molecular weight is 283 g/mol. The van der Waals surface area contributed by atoms with Crippen molar-refractivity contribution >= 4 is 11.5 Å². The molecule has 0 aromatic heterocycles. The maximum Gasteiger partial charge on any atom is 0.203 e. The first-order valence-electron chi connectivity index (χ1n) is 7.02. The first-order chi connectivity index (χ1) is 9.88. The van der Waals surface area contributed by atoms with Crippen molar-refractivity contribution in [2.24, 2.45) is 0 Å². The van der Waals surface area contributed by atoms with E-state index >= 15 is 0 Å². The Morgan fingerprint density at radius 1 is 1.05 bits per heavy atom. The zero-order chi connectivity index (χ0) is 15.6. The van der Waals surface area contributed by atoms with Crippen LogP contribution in [-0.4, -0.2) is 11.9 Å². The van der Waals surface area contributed by atoms with Gasteiger partial charge in [0.1, 0.15) is 5.75 Å². The van der Waals surface area contributed by atoms with Crippen LogP contribution in [0.4, 0.5) is 5.69 Å². The normalized spacial score (nSPS) is 12.0. The summed E-state index contributed by atoms with van der Waals surface area (Å²) in [6, 6.07) is 11.2. The predicted octanol–water partition coefficient (Wildman–Crippen LogP) is 3.84. The molecular weight excluding hydrogens is 262 g/mol. The first kappa shape index (κ1) is 15.1. The van der Waals surface area contributed by atoms with E-state index in [9.17, 15) is 4.79 Å². The Hall–Kier alpha value is -2.29. The Balaban J connectivity index is 2.17. The van der Waals surface area contributed by atoms with Crippen LogP contribution in [0, 0.1) is 20.8 Å². The Labute approximate surface area is 125 Å². The van der Waals surface area contributed by atoms with Gasteiger partial charge in [0.25, 0.3) is 0 Å². The number of carbonyl (C=O) groups excluding carboxylic acids is 1. The minimum Gasteiger partial charge on any atom is -0.480 e. The zero-order valence-electron chi connectivity index (χ0n) is 12.9. The van der Waals surface area contributed by atoms with Crippen molar-refractivity contribution < 1.29 is 9.53 Å². The van der Waals surface area contributed by atoms with E-state index < -0.39 is 6.10 Å². The van der Waals surface area contributed by atoms with E-state index in [1.165, 1.54) is 5.56 Å². The molecular formula is C18H21NO2. The van der Waals surface area contributed by atoms with E-state index in [4.69, 9.17) is 10.5 Å². The molecule has 110 valence electrons. The van der Waals surface area contributed by atoms with Crippen LogP contribution in [0.2, 0.25) is 0 Å². The van der Waals surface area contributed by atoms with Gasteiger partial charge in [0.05, 0.1) is 5.69 Å². The summed E-state index contributed by atoms with van der Waals surface area (Å²) in [5.41, 5.74) is 10.5. The second-order valence-corrected chi connectivity index (χ2v) is 5.46. The van der Waals surface area contributed by atoms with E-state index in [1.54, 1.807) is 13.0 Å². The highest BCUT2D eigenvalue weighted by Gasteiger charge is 2.18.